The summed E-state index contributed by atoms with van der Waals surface area (Å²) in [5.74, 6) is -0.383. The Morgan fingerprint density at radius 2 is 2.11 bits per heavy atom. The van der Waals surface area contributed by atoms with Crippen LogP contribution in [0.25, 0.3) is 0 Å². The van der Waals surface area contributed by atoms with E-state index in [1.807, 2.05) is 4.90 Å². The number of likely N-dealkylation sites (tertiary alicyclic amines) is 1. The number of rotatable bonds is 3. The van der Waals surface area contributed by atoms with Crippen molar-refractivity contribution in [3.8, 4) is 0 Å². The molecule has 0 saturated carbocycles. The number of benzene rings is 1. The highest BCUT2D eigenvalue weighted by atomic mass is 19.1. The lowest BCUT2D eigenvalue weighted by Gasteiger charge is -2.24. The summed E-state index contributed by atoms with van der Waals surface area (Å²) in [6.45, 7) is 1.88. The van der Waals surface area contributed by atoms with E-state index in [0.717, 1.165) is 25.9 Å². The molecule has 1 fully saturated rings. The Labute approximate surface area is 106 Å². The molecule has 98 valence electrons. The third kappa shape index (κ3) is 2.55. The lowest BCUT2D eigenvalue weighted by Crippen LogP contribution is -2.37. The van der Waals surface area contributed by atoms with Gasteiger partial charge in [0, 0.05) is 20.1 Å². The van der Waals surface area contributed by atoms with E-state index in [9.17, 15) is 9.18 Å². The lowest BCUT2D eigenvalue weighted by atomic mass is 10.2. The van der Waals surface area contributed by atoms with Gasteiger partial charge in [-0.15, -0.1) is 0 Å². The van der Waals surface area contributed by atoms with Crippen molar-refractivity contribution in [2.45, 2.75) is 12.8 Å². The molecule has 1 saturated heterocycles. The van der Waals surface area contributed by atoms with Crippen molar-refractivity contribution in [2.24, 2.45) is 0 Å². The van der Waals surface area contributed by atoms with Crippen LogP contribution in [0.3, 0.4) is 0 Å². The van der Waals surface area contributed by atoms with E-state index in [1.165, 1.54) is 6.07 Å². The molecular formula is C13H18FN3O. The molecule has 0 aliphatic carbocycles. The van der Waals surface area contributed by atoms with E-state index in [1.54, 1.807) is 24.1 Å². The number of carbonyl (C=O) groups excluding carboxylic acids is 1. The van der Waals surface area contributed by atoms with Gasteiger partial charge in [-0.05, 0) is 25.0 Å². The topological polar surface area (TPSA) is 49.6 Å². The highest BCUT2D eigenvalue weighted by Crippen LogP contribution is 2.24. The Kier molecular flexibility index (Phi) is 3.69. The zero-order valence-electron chi connectivity index (χ0n) is 10.5. The number of hydrogen-bond donors (Lipinski definition) is 1. The summed E-state index contributed by atoms with van der Waals surface area (Å²) < 4.78 is 13.3. The second kappa shape index (κ2) is 5.25. The number of amides is 1. The molecule has 1 amide bonds. The Morgan fingerprint density at radius 3 is 2.78 bits per heavy atom. The van der Waals surface area contributed by atoms with E-state index in [-0.39, 0.29) is 18.1 Å². The van der Waals surface area contributed by atoms with Gasteiger partial charge < -0.3 is 15.5 Å². The summed E-state index contributed by atoms with van der Waals surface area (Å²) in [7, 11) is 1.75. The van der Waals surface area contributed by atoms with Crippen molar-refractivity contribution in [3.63, 3.8) is 0 Å². The lowest BCUT2D eigenvalue weighted by molar-refractivity contribution is -0.128. The highest BCUT2D eigenvalue weighted by Gasteiger charge is 2.20. The quantitative estimate of drug-likeness (QED) is 0.828. The summed E-state index contributed by atoms with van der Waals surface area (Å²) in [6, 6.07) is 4.63. The van der Waals surface area contributed by atoms with E-state index in [2.05, 4.69) is 0 Å². The Balaban J connectivity index is 2.04. The Morgan fingerprint density at radius 1 is 1.44 bits per heavy atom. The van der Waals surface area contributed by atoms with Crippen LogP contribution in [-0.4, -0.2) is 37.5 Å². The smallest absolute Gasteiger partial charge is 0.242 e. The van der Waals surface area contributed by atoms with Crippen molar-refractivity contribution in [1.82, 2.24) is 4.90 Å². The Hall–Kier alpha value is -1.78. The number of nitrogen functional groups attached to an aromatic ring is 1. The molecule has 1 aromatic carbocycles. The zero-order chi connectivity index (χ0) is 13.1. The molecule has 0 atom stereocenters. The maximum absolute atomic E-state index is 13.3. The molecule has 0 bridgehead atoms. The molecule has 0 unspecified atom stereocenters. The fourth-order valence-electron chi connectivity index (χ4n) is 2.21. The number of nitrogens with two attached hydrogens (primary N) is 1. The number of carbonyl (C=O) groups is 1. The van der Waals surface area contributed by atoms with Crippen molar-refractivity contribution in [1.29, 1.82) is 0 Å². The van der Waals surface area contributed by atoms with Gasteiger partial charge >= 0.3 is 0 Å². The van der Waals surface area contributed by atoms with Crippen LogP contribution in [0.1, 0.15) is 12.8 Å². The van der Waals surface area contributed by atoms with Gasteiger partial charge in [0.15, 0.2) is 0 Å². The standard InChI is InChI=1S/C13H18FN3O/c1-16(9-12(18)17-7-2-3-8-17)11-6-4-5-10(14)13(11)15/h4-6H,2-3,7-9,15H2,1H3. The minimum Gasteiger partial charge on any atom is -0.395 e. The maximum atomic E-state index is 13.3. The monoisotopic (exact) mass is 251 g/mol. The number of halogens is 1. The second-order valence-corrected chi connectivity index (χ2v) is 4.62. The third-order valence-corrected chi connectivity index (χ3v) is 3.27. The van der Waals surface area contributed by atoms with Crippen molar-refractivity contribution >= 4 is 17.3 Å². The molecular weight excluding hydrogens is 233 g/mol. The van der Waals surface area contributed by atoms with E-state index >= 15 is 0 Å². The van der Waals surface area contributed by atoms with E-state index in [0.29, 0.717) is 5.69 Å². The first kappa shape index (κ1) is 12.7. The molecule has 1 aromatic rings. The van der Waals surface area contributed by atoms with Crippen LogP contribution in [-0.2, 0) is 4.79 Å². The number of para-hydroxylation sites is 1. The average molecular weight is 251 g/mol. The Bertz CT molecular complexity index is 444. The fraction of sp³-hybridized carbons (Fsp3) is 0.462. The molecule has 0 aromatic heterocycles. The molecule has 2 N–H and O–H groups in total. The zero-order valence-corrected chi connectivity index (χ0v) is 10.5. The van der Waals surface area contributed by atoms with Gasteiger partial charge in [0.2, 0.25) is 5.91 Å². The largest absolute Gasteiger partial charge is 0.395 e. The number of hydrogen-bond acceptors (Lipinski definition) is 3. The normalized spacial score (nSPS) is 14.9. The van der Waals surface area contributed by atoms with Gasteiger partial charge in [-0.3, -0.25) is 4.79 Å². The second-order valence-electron chi connectivity index (χ2n) is 4.62. The first-order valence-corrected chi connectivity index (χ1v) is 6.12. The van der Waals surface area contributed by atoms with Crippen LogP contribution >= 0.6 is 0 Å². The number of anilines is 2. The van der Waals surface area contributed by atoms with Gasteiger partial charge in [-0.1, -0.05) is 6.07 Å². The molecule has 1 aliphatic rings. The van der Waals surface area contributed by atoms with E-state index in [4.69, 9.17) is 5.73 Å². The summed E-state index contributed by atoms with van der Waals surface area (Å²) in [5, 5.41) is 0. The first-order valence-electron chi connectivity index (χ1n) is 6.12. The van der Waals surface area contributed by atoms with Gasteiger partial charge in [-0.2, -0.15) is 0 Å². The van der Waals surface area contributed by atoms with Gasteiger partial charge in [0.1, 0.15) is 5.82 Å². The fourth-order valence-corrected chi connectivity index (χ4v) is 2.21. The summed E-state index contributed by atoms with van der Waals surface area (Å²) in [6.07, 6.45) is 2.13. The number of nitrogens with zero attached hydrogens (tertiary/aromatic N) is 2. The van der Waals surface area contributed by atoms with Crippen LogP contribution in [0.2, 0.25) is 0 Å². The maximum Gasteiger partial charge on any atom is 0.242 e. The minimum atomic E-state index is -0.451. The van der Waals surface area contributed by atoms with Crippen molar-refractivity contribution in [3.05, 3.63) is 24.0 Å². The molecule has 1 heterocycles. The predicted molar refractivity (Wildman–Crippen MR) is 69.9 cm³/mol. The minimum absolute atomic E-state index is 0.0682. The summed E-state index contributed by atoms with van der Waals surface area (Å²) in [4.78, 5) is 15.5. The molecule has 0 spiro atoms. The van der Waals surface area contributed by atoms with Gasteiger partial charge in [0.05, 0.1) is 17.9 Å². The molecule has 0 radical (unpaired) electrons. The molecule has 2 rings (SSSR count). The first-order chi connectivity index (χ1) is 8.59. The SMILES string of the molecule is CN(CC(=O)N1CCCC1)c1cccc(F)c1N. The van der Waals surface area contributed by atoms with Crippen molar-refractivity contribution in [2.75, 3.05) is 37.3 Å². The predicted octanol–water partition coefficient (Wildman–Crippen LogP) is 1.47. The molecule has 4 nitrogen and oxygen atoms in total. The van der Waals surface area contributed by atoms with Crippen LogP contribution in [0.15, 0.2) is 18.2 Å². The highest BCUT2D eigenvalue weighted by molar-refractivity contribution is 5.83. The van der Waals surface area contributed by atoms with Crippen LogP contribution in [0, 0.1) is 5.82 Å². The summed E-state index contributed by atoms with van der Waals surface area (Å²) in [5.41, 5.74) is 6.32. The molecule has 5 heteroatoms. The van der Waals surface area contributed by atoms with Gasteiger partial charge in [0.25, 0.3) is 0 Å². The molecule has 18 heavy (non-hydrogen) atoms. The van der Waals surface area contributed by atoms with Crippen LogP contribution in [0.4, 0.5) is 15.8 Å². The van der Waals surface area contributed by atoms with Crippen molar-refractivity contribution < 1.29 is 9.18 Å². The van der Waals surface area contributed by atoms with E-state index < -0.39 is 5.82 Å². The van der Waals surface area contributed by atoms with Crippen LogP contribution < -0.4 is 10.6 Å². The van der Waals surface area contributed by atoms with Gasteiger partial charge in [-0.25, -0.2) is 4.39 Å². The van der Waals surface area contributed by atoms with Crippen LogP contribution in [0.5, 0.6) is 0 Å². The third-order valence-electron chi connectivity index (χ3n) is 3.27. The number of likely N-dealkylation sites (N-methyl/N-ethyl adjacent to an activating group) is 1. The summed E-state index contributed by atoms with van der Waals surface area (Å²) >= 11 is 0. The average Bonchev–Trinajstić information content (AvgIpc) is 2.86. The molecule has 1 aliphatic heterocycles.